The number of rotatable bonds is 4. The van der Waals surface area contributed by atoms with E-state index in [-0.39, 0.29) is 16.1 Å². The fourth-order valence-electron chi connectivity index (χ4n) is 3.29. The maximum atomic E-state index is 13.0. The average Bonchev–Trinajstić information content (AvgIpc) is 3.14. The average molecular weight is 423 g/mol. The summed E-state index contributed by atoms with van der Waals surface area (Å²) in [5.74, 6) is 0.281. The van der Waals surface area contributed by atoms with Crippen LogP contribution in [0.3, 0.4) is 0 Å². The monoisotopic (exact) mass is 422 g/mol. The van der Waals surface area contributed by atoms with Crippen LogP contribution in [-0.2, 0) is 15.4 Å². The zero-order chi connectivity index (χ0) is 21.5. The minimum Gasteiger partial charge on any atom is -0.618 e. The van der Waals surface area contributed by atoms with Gasteiger partial charge in [-0.3, -0.25) is 4.72 Å². The van der Waals surface area contributed by atoms with Gasteiger partial charge < -0.3 is 5.21 Å². The molecule has 0 aliphatic heterocycles. The Balaban J connectivity index is 1.72. The van der Waals surface area contributed by atoms with Gasteiger partial charge >= 0.3 is 0 Å². The zero-order valence-corrected chi connectivity index (χ0v) is 17.7. The van der Waals surface area contributed by atoms with Crippen LogP contribution in [0.5, 0.6) is 0 Å². The van der Waals surface area contributed by atoms with Crippen LogP contribution in [0.4, 0.5) is 5.82 Å². The highest BCUT2D eigenvalue weighted by Gasteiger charge is 2.20. The van der Waals surface area contributed by atoms with Gasteiger partial charge in [-0.15, -0.1) is 0 Å². The maximum Gasteiger partial charge on any atom is 0.263 e. The SMILES string of the molecule is CC(C)(C)c1ccc(S(=O)(=O)Nc2ccnn2-c2cccc3c2ccc[n+]3[O-])cc1. The predicted molar refractivity (Wildman–Crippen MR) is 116 cm³/mol. The van der Waals surface area contributed by atoms with Crippen molar-refractivity contribution in [2.45, 2.75) is 31.1 Å². The molecule has 2 aromatic heterocycles. The number of hydrogen-bond donors (Lipinski definition) is 1. The minimum atomic E-state index is -3.82. The van der Waals surface area contributed by atoms with E-state index in [0.29, 0.717) is 16.6 Å². The molecular formula is C22H22N4O3S. The number of aromatic nitrogens is 3. The van der Waals surface area contributed by atoms with Crippen molar-refractivity contribution in [3.8, 4) is 5.69 Å². The van der Waals surface area contributed by atoms with Crippen molar-refractivity contribution in [2.75, 3.05) is 4.72 Å². The van der Waals surface area contributed by atoms with E-state index in [2.05, 4.69) is 30.6 Å². The molecule has 0 bridgehead atoms. The van der Waals surface area contributed by atoms with Gasteiger partial charge in [0.25, 0.3) is 10.0 Å². The van der Waals surface area contributed by atoms with Crippen molar-refractivity contribution >= 4 is 26.7 Å². The van der Waals surface area contributed by atoms with Gasteiger partial charge in [-0.2, -0.15) is 9.83 Å². The summed E-state index contributed by atoms with van der Waals surface area (Å²) in [7, 11) is -3.82. The van der Waals surface area contributed by atoms with Crippen molar-refractivity contribution in [1.82, 2.24) is 9.78 Å². The second-order valence-corrected chi connectivity index (χ2v) is 9.73. The molecule has 0 aliphatic carbocycles. The molecule has 0 unspecified atom stereocenters. The predicted octanol–water partition coefficient (Wildman–Crippen LogP) is 3.76. The fourth-order valence-corrected chi connectivity index (χ4v) is 4.33. The Morgan fingerprint density at radius 1 is 1.00 bits per heavy atom. The van der Waals surface area contributed by atoms with E-state index in [4.69, 9.17) is 0 Å². The number of sulfonamides is 1. The number of nitrogens with one attached hydrogen (secondary N) is 1. The summed E-state index contributed by atoms with van der Waals surface area (Å²) in [6.07, 6.45) is 2.92. The van der Waals surface area contributed by atoms with Crippen LogP contribution in [0.2, 0.25) is 0 Å². The molecule has 0 aliphatic rings. The Bertz CT molecular complexity index is 1320. The van der Waals surface area contributed by atoms with E-state index in [1.165, 1.54) is 17.1 Å². The largest absolute Gasteiger partial charge is 0.618 e. The number of anilines is 1. The van der Waals surface area contributed by atoms with E-state index in [0.717, 1.165) is 10.3 Å². The van der Waals surface area contributed by atoms with Crippen LogP contribution in [0, 0.1) is 5.21 Å². The maximum absolute atomic E-state index is 13.0. The van der Waals surface area contributed by atoms with Crippen LogP contribution >= 0.6 is 0 Å². The molecule has 1 N–H and O–H groups in total. The molecule has 0 fully saturated rings. The van der Waals surface area contributed by atoms with Gasteiger partial charge in [-0.05, 0) is 35.2 Å². The van der Waals surface area contributed by atoms with Gasteiger partial charge in [-0.25, -0.2) is 13.1 Å². The zero-order valence-electron chi connectivity index (χ0n) is 16.9. The molecule has 0 saturated carbocycles. The first-order valence-electron chi connectivity index (χ1n) is 9.45. The molecule has 0 saturated heterocycles. The third-order valence-electron chi connectivity index (χ3n) is 4.92. The molecule has 0 spiro atoms. The smallest absolute Gasteiger partial charge is 0.263 e. The highest BCUT2D eigenvalue weighted by Crippen LogP contribution is 2.26. The Kier molecular flexibility index (Phi) is 4.74. The summed E-state index contributed by atoms with van der Waals surface area (Å²) in [5, 5.41) is 17.0. The Morgan fingerprint density at radius 3 is 2.43 bits per heavy atom. The van der Waals surface area contributed by atoms with Gasteiger partial charge in [0, 0.05) is 18.2 Å². The molecule has 7 nitrogen and oxygen atoms in total. The van der Waals surface area contributed by atoms with Crippen LogP contribution < -0.4 is 9.45 Å². The molecular weight excluding hydrogens is 400 g/mol. The van der Waals surface area contributed by atoms with Crippen molar-refractivity contribution < 1.29 is 13.1 Å². The Hall–Kier alpha value is -3.39. The molecule has 0 atom stereocenters. The van der Waals surface area contributed by atoms with Crippen molar-refractivity contribution in [3.63, 3.8) is 0 Å². The summed E-state index contributed by atoms with van der Waals surface area (Å²) in [5.41, 5.74) is 2.05. The Morgan fingerprint density at radius 2 is 1.73 bits per heavy atom. The topological polar surface area (TPSA) is 90.9 Å². The fraction of sp³-hybridized carbons (Fsp3) is 0.182. The number of benzene rings is 2. The van der Waals surface area contributed by atoms with Crippen LogP contribution in [0.1, 0.15) is 26.3 Å². The summed E-state index contributed by atoms with van der Waals surface area (Å²) in [6, 6.07) is 17.1. The van der Waals surface area contributed by atoms with Crippen LogP contribution in [0.15, 0.2) is 78.0 Å². The lowest BCUT2D eigenvalue weighted by atomic mass is 9.87. The minimum absolute atomic E-state index is 0.0683. The number of fused-ring (bicyclic) bond motifs is 1. The molecule has 0 amide bonds. The third kappa shape index (κ3) is 3.61. The van der Waals surface area contributed by atoms with Gasteiger partial charge in [0.2, 0.25) is 5.52 Å². The molecule has 4 aromatic rings. The second kappa shape index (κ2) is 7.14. The second-order valence-electron chi connectivity index (χ2n) is 8.05. The lowest BCUT2D eigenvalue weighted by Gasteiger charge is -2.19. The standard InChI is InChI=1S/C22H22N4O3S/c1-22(2,3)16-9-11-17(12-10-16)30(28,29)24-21-13-14-23-26(21)20-8-4-7-19-18(20)6-5-15-25(19)27/h4-15,24H,1-3H3. The number of pyridine rings is 1. The van der Waals surface area contributed by atoms with Crippen LogP contribution in [-0.4, -0.2) is 18.2 Å². The van der Waals surface area contributed by atoms with Gasteiger partial charge in [0.1, 0.15) is 5.82 Å². The molecule has 2 heterocycles. The first-order chi connectivity index (χ1) is 14.2. The highest BCUT2D eigenvalue weighted by atomic mass is 32.2. The van der Waals surface area contributed by atoms with Gasteiger partial charge in [0.15, 0.2) is 6.20 Å². The first-order valence-corrected chi connectivity index (χ1v) is 10.9. The summed E-state index contributed by atoms with van der Waals surface area (Å²) >= 11 is 0. The molecule has 30 heavy (non-hydrogen) atoms. The molecule has 8 heteroatoms. The van der Waals surface area contributed by atoms with E-state index in [1.807, 2.05) is 12.1 Å². The van der Waals surface area contributed by atoms with Crippen molar-refractivity contribution in [2.24, 2.45) is 0 Å². The summed E-state index contributed by atoms with van der Waals surface area (Å²) in [6.45, 7) is 6.22. The molecule has 0 radical (unpaired) electrons. The normalized spacial score (nSPS) is 12.2. The third-order valence-corrected chi connectivity index (χ3v) is 6.29. The van der Waals surface area contributed by atoms with Crippen molar-refractivity contribution in [1.29, 1.82) is 0 Å². The quantitative estimate of drug-likeness (QED) is 0.400. The summed E-state index contributed by atoms with van der Waals surface area (Å²) in [4.78, 5) is 0.165. The van der Waals surface area contributed by atoms with E-state index < -0.39 is 10.0 Å². The molecule has 154 valence electrons. The van der Waals surface area contributed by atoms with Gasteiger partial charge in [-0.1, -0.05) is 39.0 Å². The highest BCUT2D eigenvalue weighted by molar-refractivity contribution is 7.92. The molecule has 4 rings (SSSR count). The van der Waals surface area contributed by atoms with Crippen molar-refractivity contribution in [3.05, 3.63) is 83.8 Å². The number of hydrogen-bond acceptors (Lipinski definition) is 4. The van der Waals surface area contributed by atoms with Crippen LogP contribution in [0.25, 0.3) is 16.6 Å². The lowest BCUT2D eigenvalue weighted by molar-refractivity contribution is -0.577. The summed E-state index contributed by atoms with van der Waals surface area (Å²) < 4.78 is 30.8. The Labute approximate surface area is 175 Å². The first kappa shape index (κ1) is 19.9. The lowest BCUT2D eigenvalue weighted by Crippen LogP contribution is -2.26. The number of nitrogens with zero attached hydrogens (tertiary/aromatic N) is 3. The van der Waals surface area contributed by atoms with Gasteiger partial charge in [0.05, 0.1) is 22.2 Å². The molecule has 2 aromatic carbocycles. The van der Waals surface area contributed by atoms with E-state index in [1.54, 1.807) is 48.5 Å². The van der Waals surface area contributed by atoms with E-state index >= 15 is 0 Å². The van der Waals surface area contributed by atoms with E-state index in [9.17, 15) is 13.6 Å².